The second kappa shape index (κ2) is 7.71. The standard InChI is InChI=1S/C20H17F3N4O3/c1-12-9-17(27(2)25-12)16-8-7-15(11-24-16)28-19-10-18(30-26-19)13-3-5-14(6-4-13)29-20(21,22)23/h3-11,18,26H,1-2H3. The summed E-state index contributed by atoms with van der Waals surface area (Å²) in [5, 5.41) is 4.30. The summed E-state index contributed by atoms with van der Waals surface area (Å²) in [6.07, 6.45) is -2.01. The first-order valence-corrected chi connectivity index (χ1v) is 8.91. The molecule has 0 radical (unpaired) electrons. The van der Waals surface area contributed by atoms with E-state index in [-0.39, 0.29) is 5.75 Å². The van der Waals surface area contributed by atoms with Crippen LogP contribution in [0.1, 0.15) is 17.4 Å². The zero-order valence-corrected chi connectivity index (χ0v) is 16.0. The van der Waals surface area contributed by atoms with Crippen LogP contribution in [0.3, 0.4) is 0 Å². The Balaban J connectivity index is 1.41. The highest BCUT2D eigenvalue weighted by atomic mass is 19.4. The number of halogens is 3. The quantitative estimate of drug-likeness (QED) is 0.670. The van der Waals surface area contributed by atoms with Crippen LogP contribution in [0, 0.1) is 6.92 Å². The van der Waals surface area contributed by atoms with Crippen molar-refractivity contribution in [1.29, 1.82) is 0 Å². The van der Waals surface area contributed by atoms with Gasteiger partial charge < -0.3 is 9.47 Å². The average Bonchev–Trinajstić information content (AvgIpc) is 3.28. The van der Waals surface area contributed by atoms with Crippen LogP contribution in [0.25, 0.3) is 11.4 Å². The minimum Gasteiger partial charge on any atom is -0.438 e. The molecule has 3 heterocycles. The minimum atomic E-state index is -4.73. The van der Waals surface area contributed by atoms with Gasteiger partial charge in [0.1, 0.15) is 17.6 Å². The first kappa shape index (κ1) is 19.8. The fourth-order valence-corrected chi connectivity index (χ4v) is 2.97. The summed E-state index contributed by atoms with van der Waals surface area (Å²) >= 11 is 0. The van der Waals surface area contributed by atoms with E-state index in [0.29, 0.717) is 17.2 Å². The fraction of sp³-hybridized carbons (Fsp3) is 0.200. The van der Waals surface area contributed by atoms with Crippen molar-refractivity contribution < 1.29 is 27.5 Å². The highest BCUT2D eigenvalue weighted by molar-refractivity contribution is 5.55. The highest BCUT2D eigenvalue weighted by Crippen LogP contribution is 2.29. The summed E-state index contributed by atoms with van der Waals surface area (Å²) in [4.78, 5) is 9.81. The van der Waals surface area contributed by atoms with Gasteiger partial charge in [-0.2, -0.15) is 5.10 Å². The van der Waals surface area contributed by atoms with Crippen LogP contribution in [0.5, 0.6) is 11.5 Å². The molecular formula is C20H17F3N4O3. The van der Waals surface area contributed by atoms with Crippen molar-refractivity contribution in [1.82, 2.24) is 20.2 Å². The van der Waals surface area contributed by atoms with Gasteiger partial charge in [-0.15, -0.1) is 13.2 Å². The Morgan fingerprint density at radius 1 is 1.10 bits per heavy atom. The molecule has 1 aromatic carbocycles. The molecule has 0 saturated carbocycles. The molecule has 156 valence electrons. The zero-order chi connectivity index (χ0) is 21.3. The van der Waals surface area contributed by atoms with Crippen LogP contribution in [-0.2, 0) is 11.9 Å². The molecule has 1 unspecified atom stereocenters. The van der Waals surface area contributed by atoms with E-state index in [2.05, 4.69) is 20.3 Å². The molecule has 0 bridgehead atoms. The lowest BCUT2D eigenvalue weighted by molar-refractivity contribution is -0.274. The van der Waals surface area contributed by atoms with Crippen LogP contribution in [0.15, 0.2) is 60.6 Å². The first-order chi connectivity index (χ1) is 14.3. The number of hydrogen-bond donors (Lipinski definition) is 1. The van der Waals surface area contributed by atoms with Crippen molar-refractivity contribution >= 4 is 0 Å². The number of aromatic nitrogens is 3. The normalized spacial score (nSPS) is 16.2. The van der Waals surface area contributed by atoms with Crippen molar-refractivity contribution in [2.75, 3.05) is 0 Å². The Morgan fingerprint density at radius 2 is 1.83 bits per heavy atom. The predicted molar refractivity (Wildman–Crippen MR) is 100.0 cm³/mol. The predicted octanol–water partition coefficient (Wildman–Crippen LogP) is 4.19. The molecule has 0 fully saturated rings. The second-order valence-electron chi connectivity index (χ2n) is 6.56. The van der Waals surface area contributed by atoms with Crippen molar-refractivity contribution in [2.45, 2.75) is 19.4 Å². The summed E-state index contributed by atoms with van der Waals surface area (Å²) in [6, 6.07) is 10.9. The lowest BCUT2D eigenvalue weighted by Gasteiger charge is -2.11. The van der Waals surface area contributed by atoms with E-state index >= 15 is 0 Å². The number of alkyl halides is 3. The number of hydroxylamine groups is 1. The van der Waals surface area contributed by atoms with E-state index in [1.54, 1.807) is 23.0 Å². The third-order valence-electron chi connectivity index (χ3n) is 4.26. The minimum absolute atomic E-state index is 0.299. The zero-order valence-electron chi connectivity index (χ0n) is 16.0. The van der Waals surface area contributed by atoms with E-state index in [4.69, 9.17) is 9.57 Å². The number of nitrogens with zero attached hydrogens (tertiary/aromatic N) is 3. The molecule has 4 rings (SSSR count). The van der Waals surface area contributed by atoms with Gasteiger partial charge in [0.2, 0.25) is 5.88 Å². The first-order valence-electron chi connectivity index (χ1n) is 8.91. The van der Waals surface area contributed by atoms with Gasteiger partial charge in [-0.1, -0.05) is 12.1 Å². The lowest BCUT2D eigenvalue weighted by atomic mass is 10.1. The third-order valence-corrected chi connectivity index (χ3v) is 4.26. The molecule has 0 spiro atoms. The smallest absolute Gasteiger partial charge is 0.438 e. The van der Waals surface area contributed by atoms with Crippen molar-refractivity contribution in [3.63, 3.8) is 0 Å². The largest absolute Gasteiger partial charge is 0.573 e. The van der Waals surface area contributed by atoms with Crippen LogP contribution in [0.2, 0.25) is 0 Å². The highest BCUT2D eigenvalue weighted by Gasteiger charge is 2.31. The number of ether oxygens (including phenoxy) is 2. The van der Waals surface area contributed by atoms with E-state index < -0.39 is 12.5 Å². The van der Waals surface area contributed by atoms with Gasteiger partial charge in [0, 0.05) is 13.1 Å². The Morgan fingerprint density at radius 3 is 2.43 bits per heavy atom. The van der Waals surface area contributed by atoms with Gasteiger partial charge in [-0.3, -0.25) is 14.5 Å². The van der Waals surface area contributed by atoms with Gasteiger partial charge in [-0.25, -0.2) is 5.48 Å². The van der Waals surface area contributed by atoms with Crippen LogP contribution < -0.4 is 15.0 Å². The number of benzene rings is 1. The third kappa shape index (κ3) is 4.54. The monoisotopic (exact) mass is 418 g/mol. The maximum absolute atomic E-state index is 12.3. The average molecular weight is 418 g/mol. The van der Waals surface area contributed by atoms with Crippen molar-refractivity contribution in [3.05, 3.63) is 71.9 Å². The molecule has 0 amide bonds. The summed E-state index contributed by atoms with van der Waals surface area (Å²) in [6.45, 7) is 1.91. The van der Waals surface area contributed by atoms with E-state index in [0.717, 1.165) is 17.1 Å². The van der Waals surface area contributed by atoms with Gasteiger partial charge >= 0.3 is 6.36 Å². The van der Waals surface area contributed by atoms with Gasteiger partial charge in [0.05, 0.1) is 23.3 Å². The number of nitrogens with one attached hydrogen (secondary N) is 1. The van der Waals surface area contributed by atoms with Crippen molar-refractivity contribution in [2.24, 2.45) is 7.05 Å². The molecular weight excluding hydrogens is 401 g/mol. The Bertz CT molecular complexity index is 1060. The molecule has 0 aliphatic carbocycles. The SMILES string of the molecule is Cc1cc(-c2ccc(OC3=CC(c4ccc(OC(F)(F)F)cc4)ON3)cn2)n(C)n1. The number of pyridine rings is 1. The molecule has 7 nitrogen and oxygen atoms in total. The molecule has 1 N–H and O–H groups in total. The lowest BCUT2D eigenvalue weighted by Crippen LogP contribution is -2.17. The number of aryl methyl sites for hydroxylation is 2. The summed E-state index contributed by atoms with van der Waals surface area (Å²) < 4.78 is 48.1. The summed E-state index contributed by atoms with van der Waals surface area (Å²) in [5.74, 6) is 0.545. The Hall–Kier alpha value is -3.53. The van der Waals surface area contributed by atoms with Gasteiger partial charge in [0.25, 0.3) is 0 Å². The maximum Gasteiger partial charge on any atom is 0.573 e. The molecule has 1 aliphatic heterocycles. The van der Waals surface area contributed by atoms with E-state index in [1.165, 1.54) is 24.3 Å². The topological polar surface area (TPSA) is 70.4 Å². The molecule has 0 saturated heterocycles. The maximum atomic E-state index is 12.3. The van der Waals surface area contributed by atoms with E-state index in [1.807, 2.05) is 26.1 Å². The second-order valence-corrected chi connectivity index (χ2v) is 6.56. The molecule has 10 heteroatoms. The summed E-state index contributed by atoms with van der Waals surface area (Å²) in [5.41, 5.74) is 5.83. The number of hydrogen-bond acceptors (Lipinski definition) is 6. The molecule has 1 atom stereocenters. The summed E-state index contributed by atoms with van der Waals surface area (Å²) in [7, 11) is 1.85. The Labute approximate surface area is 169 Å². The molecule has 3 aromatic rings. The van der Waals surface area contributed by atoms with Gasteiger partial charge in [-0.05, 0) is 42.8 Å². The molecule has 30 heavy (non-hydrogen) atoms. The fourth-order valence-electron chi connectivity index (χ4n) is 2.97. The van der Waals surface area contributed by atoms with Gasteiger partial charge in [0.15, 0.2) is 0 Å². The van der Waals surface area contributed by atoms with Crippen LogP contribution >= 0.6 is 0 Å². The van der Waals surface area contributed by atoms with Crippen LogP contribution in [-0.4, -0.2) is 21.1 Å². The molecule has 2 aromatic heterocycles. The van der Waals surface area contributed by atoms with Crippen molar-refractivity contribution in [3.8, 4) is 22.9 Å². The molecule has 1 aliphatic rings. The van der Waals surface area contributed by atoms with E-state index in [9.17, 15) is 13.2 Å². The van der Waals surface area contributed by atoms with Crippen LogP contribution in [0.4, 0.5) is 13.2 Å². The number of rotatable bonds is 5. The Kier molecular flexibility index (Phi) is 5.08.